The molecule has 23 heavy (non-hydrogen) atoms. The van der Waals surface area contributed by atoms with E-state index in [1.165, 1.54) is 0 Å². The molecule has 2 aromatic carbocycles. The van der Waals surface area contributed by atoms with E-state index in [4.69, 9.17) is 4.74 Å². The van der Waals surface area contributed by atoms with Gasteiger partial charge in [-0.2, -0.15) is 0 Å². The Balaban J connectivity index is 2.07. The average Bonchev–Trinajstić information content (AvgIpc) is 2.55. The molecule has 0 saturated heterocycles. The van der Waals surface area contributed by atoms with E-state index < -0.39 is 5.97 Å². The number of hydrogen-bond donors (Lipinski definition) is 1. The lowest BCUT2D eigenvalue weighted by Gasteiger charge is -2.11. The molecule has 0 aliphatic heterocycles. The Labute approximate surface area is 136 Å². The fraction of sp³-hybridized carbons (Fsp3) is 0.263. The van der Waals surface area contributed by atoms with Gasteiger partial charge >= 0.3 is 5.97 Å². The molecule has 4 heteroatoms. The highest BCUT2D eigenvalue weighted by Gasteiger charge is 2.16. The summed E-state index contributed by atoms with van der Waals surface area (Å²) in [5.74, 6) is -0.694. The summed E-state index contributed by atoms with van der Waals surface area (Å²) in [6, 6.07) is 12.8. The van der Waals surface area contributed by atoms with Gasteiger partial charge < -0.3 is 10.1 Å². The number of rotatable bonds is 6. The van der Waals surface area contributed by atoms with Gasteiger partial charge in [0, 0.05) is 17.8 Å². The summed E-state index contributed by atoms with van der Waals surface area (Å²) in [6.07, 6.45) is 0. The van der Waals surface area contributed by atoms with Crippen LogP contribution in [-0.4, -0.2) is 24.9 Å². The molecule has 0 saturated carbocycles. The van der Waals surface area contributed by atoms with Crippen molar-refractivity contribution in [2.45, 2.75) is 20.8 Å². The summed E-state index contributed by atoms with van der Waals surface area (Å²) in [4.78, 5) is 24.5. The van der Waals surface area contributed by atoms with Crippen LogP contribution in [0.3, 0.4) is 0 Å². The van der Waals surface area contributed by atoms with Crippen molar-refractivity contribution in [2.75, 3.05) is 18.5 Å². The Morgan fingerprint density at radius 3 is 2.52 bits per heavy atom. The molecule has 0 aliphatic rings. The van der Waals surface area contributed by atoms with Gasteiger partial charge in [-0.05, 0) is 44.5 Å². The Morgan fingerprint density at radius 2 is 1.78 bits per heavy atom. The molecule has 0 aliphatic carbocycles. The monoisotopic (exact) mass is 311 g/mol. The number of anilines is 1. The van der Waals surface area contributed by atoms with Crippen LogP contribution < -0.4 is 5.32 Å². The third-order valence-corrected chi connectivity index (χ3v) is 3.54. The lowest BCUT2D eigenvalue weighted by molar-refractivity contribution is 0.0475. The van der Waals surface area contributed by atoms with Crippen molar-refractivity contribution in [3.05, 3.63) is 64.7 Å². The number of nitrogens with one attached hydrogen (secondary N) is 1. The number of hydrogen-bond acceptors (Lipinski definition) is 4. The van der Waals surface area contributed by atoms with E-state index in [-0.39, 0.29) is 12.4 Å². The summed E-state index contributed by atoms with van der Waals surface area (Å²) in [5, 5.41) is 3.11. The standard InChI is InChI=1S/C19H21NO3/c1-4-20-17-8-6-5-7-15(17)19(22)23-12-18(21)16-11-13(2)9-10-14(16)3/h5-11,20H,4,12H2,1-3H3. The van der Waals surface area contributed by atoms with E-state index in [0.29, 0.717) is 23.4 Å². The largest absolute Gasteiger partial charge is 0.454 e. The first kappa shape index (κ1) is 16.7. The summed E-state index contributed by atoms with van der Waals surface area (Å²) in [6.45, 7) is 6.19. The van der Waals surface area contributed by atoms with Gasteiger partial charge in [-0.1, -0.05) is 29.8 Å². The van der Waals surface area contributed by atoms with Crippen LogP contribution in [0.1, 0.15) is 38.8 Å². The number of aryl methyl sites for hydroxylation is 2. The Morgan fingerprint density at radius 1 is 1.04 bits per heavy atom. The summed E-state index contributed by atoms with van der Waals surface area (Å²) >= 11 is 0. The van der Waals surface area contributed by atoms with Gasteiger partial charge in [0.25, 0.3) is 0 Å². The second kappa shape index (κ2) is 7.58. The van der Waals surface area contributed by atoms with Crippen LogP contribution in [0.4, 0.5) is 5.69 Å². The zero-order valence-electron chi connectivity index (χ0n) is 13.7. The molecule has 0 heterocycles. The average molecular weight is 311 g/mol. The predicted molar refractivity (Wildman–Crippen MR) is 91.1 cm³/mol. The van der Waals surface area contributed by atoms with Gasteiger partial charge in [0.2, 0.25) is 5.78 Å². The summed E-state index contributed by atoms with van der Waals surface area (Å²) in [5.41, 5.74) is 3.62. The van der Waals surface area contributed by atoms with Gasteiger partial charge in [-0.15, -0.1) is 0 Å². The zero-order chi connectivity index (χ0) is 16.8. The minimum absolute atomic E-state index is 0.194. The summed E-state index contributed by atoms with van der Waals surface area (Å²) in [7, 11) is 0. The molecule has 0 spiro atoms. The van der Waals surface area contributed by atoms with Crippen molar-refractivity contribution in [1.29, 1.82) is 0 Å². The number of esters is 1. The SMILES string of the molecule is CCNc1ccccc1C(=O)OCC(=O)c1cc(C)ccc1C. The third-order valence-electron chi connectivity index (χ3n) is 3.54. The topological polar surface area (TPSA) is 55.4 Å². The number of benzene rings is 2. The van der Waals surface area contributed by atoms with Crippen molar-refractivity contribution < 1.29 is 14.3 Å². The van der Waals surface area contributed by atoms with Crippen molar-refractivity contribution in [2.24, 2.45) is 0 Å². The fourth-order valence-electron chi connectivity index (χ4n) is 2.33. The van der Waals surface area contributed by atoms with E-state index in [2.05, 4.69) is 5.32 Å². The maximum atomic E-state index is 12.3. The van der Waals surface area contributed by atoms with E-state index in [0.717, 1.165) is 11.1 Å². The maximum Gasteiger partial charge on any atom is 0.340 e. The minimum Gasteiger partial charge on any atom is -0.454 e. The molecule has 120 valence electrons. The van der Waals surface area contributed by atoms with Crippen LogP contribution in [-0.2, 0) is 4.74 Å². The van der Waals surface area contributed by atoms with Crippen molar-refractivity contribution in [3.63, 3.8) is 0 Å². The Hall–Kier alpha value is -2.62. The van der Waals surface area contributed by atoms with E-state index in [1.54, 1.807) is 12.1 Å². The van der Waals surface area contributed by atoms with E-state index in [1.807, 2.05) is 51.1 Å². The third kappa shape index (κ3) is 4.19. The van der Waals surface area contributed by atoms with Crippen LogP contribution >= 0.6 is 0 Å². The number of ether oxygens (including phenoxy) is 1. The number of carbonyl (C=O) groups is 2. The molecule has 0 amide bonds. The van der Waals surface area contributed by atoms with Crippen LogP contribution in [0.2, 0.25) is 0 Å². The molecular formula is C19H21NO3. The van der Waals surface area contributed by atoms with Gasteiger partial charge in [-0.25, -0.2) is 4.79 Å². The molecule has 0 atom stereocenters. The molecule has 2 rings (SSSR count). The second-order valence-electron chi connectivity index (χ2n) is 5.39. The number of carbonyl (C=O) groups excluding carboxylic acids is 2. The van der Waals surface area contributed by atoms with Crippen molar-refractivity contribution >= 4 is 17.4 Å². The normalized spacial score (nSPS) is 10.2. The quantitative estimate of drug-likeness (QED) is 0.651. The number of para-hydroxylation sites is 1. The first-order valence-electron chi connectivity index (χ1n) is 7.63. The minimum atomic E-state index is -0.500. The number of ketones is 1. The van der Waals surface area contributed by atoms with Crippen molar-refractivity contribution in [1.82, 2.24) is 0 Å². The number of Topliss-reactive ketones (excluding diaryl/α,β-unsaturated/α-hetero) is 1. The van der Waals surface area contributed by atoms with Gasteiger partial charge in [0.1, 0.15) is 0 Å². The molecule has 0 unspecified atom stereocenters. The van der Waals surface area contributed by atoms with Crippen LogP contribution in [0.25, 0.3) is 0 Å². The first-order chi connectivity index (χ1) is 11.0. The van der Waals surface area contributed by atoms with Crippen LogP contribution in [0.5, 0.6) is 0 Å². The molecule has 0 aromatic heterocycles. The Kier molecular flexibility index (Phi) is 5.52. The highest BCUT2D eigenvalue weighted by Crippen LogP contribution is 2.17. The fourth-order valence-corrected chi connectivity index (χ4v) is 2.33. The highest BCUT2D eigenvalue weighted by molar-refractivity contribution is 6.01. The molecule has 0 fully saturated rings. The molecule has 0 radical (unpaired) electrons. The molecule has 0 bridgehead atoms. The van der Waals surface area contributed by atoms with Crippen LogP contribution in [0, 0.1) is 13.8 Å². The highest BCUT2D eigenvalue weighted by atomic mass is 16.5. The lowest BCUT2D eigenvalue weighted by atomic mass is 10.0. The zero-order valence-corrected chi connectivity index (χ0v) is 13.7. The van der Waals surface area contributed by atoms with Crippen molar-refractivity contribution in [3.8, 4) is 0 Å². The second-order valence-corrected chi connectivity index (χ2v) is 5.39. The maximum absolute atomic E-state index is 12.3. The van der Waals surface area contributed by atoms with E-state index in [9.17, 15) is 9.59 Å². The molecule has 1 N–H and O–H groups in total. The smallest absolute Gasteiger partial charge is 0.340 e. The van der Waals surface area contributed by atoms with Gasteiger partial charge in [0.05, 0.1) is 5.56 Å². The Bertz CT molecular complexity index is 722. The van der Waals surface area contributed by atoms with Crippen LogP contribution in [0.15, 0.2) is 42.5 Å². The molecular weight excluding hydrogens is 290 g/mol. The van der Waals surface area contributed by atoms with E-state index >= 15 is 0 Å². The van der Waals surface area contributed by atoms with Gasteiger partial charge in [0.15, 0.2) is 6.61 Å². The summed E-state index contributed by atoms with van der Waals surface area (Å²) < 4.78 is 5.20. The predicted octanol–water partition coefficient (Wildman–Crippen LogP) is 3.77. The molecule has 4 nitrogen and oxygen atoms in total. The first-order valence-corrected chi connectivity index (χ1v) is 7.63. The molecule has 2 aromatic rings. The lowest BCUT2D eigenvalue weighted by Crippen LogP contribution is -2.16. The van der Waals surface area contributed by atoms with Gasteiger partial charge in [-0.3, -0.25) is 4.79 Å².